The van der Waals surface area contributed by atoms with Gasteiger partial charge in [0, 0.05) is 46.2 Å². The molecule has 108 valence electrons. The summed E-state index contributed by atoms with van der Waals surface area (Å²) in [4.78, 5) is 27.5. The SMILES string of the molecule is CC(=O)NCCN1CCCC1C(=O)N1CCNCC1. The minimum Gasteiger partial charge on any atom is -0.355 e. The molecule has 2 fully saturated rings. The predicted octanol–water partition coefficient (Wildman–Crippen LogP) is -0.981. The molecule has 6 heteroatoms. The van der Waals surface area contributed by atoms with Crippen molar-refractivity contribution < 1.29 is 9.59 Å². The van der Waals surface area contributed by atoms with Crippen LogP contribution in [0.1, 0.15) is 19.8 Å². The standard InChI is InChI=1S/C13H24N4O2/c1-11(18)15-6-10-16-7-2-3-12(16)13(19)17-8-4-14-5-9-17/h12,14H,2-10H2,1H3,(H,15,18). The summed E-state index contributed by atoms with van der Waals surface area (Å²) < 4.78 is 0. The molecule has 19 heavy (non-hydrogen) atoms. The van der Waals surface area contributed by atoms with E-state index in [1.54, 1.807) is 0 Å². The number of hydrogen-bond donors (Lipinski definition) is 2. The number of carbonyl (C=O) groups excluding carboxylic acids is 2. The van der Waals surface area contributed by atoms with Gasteiger partial charge in [0.15, 0.2) is 0 Å². The minimum atomic E-state index is -0.0100. The highest BCUT2D eigenvalue weighted by Gasteiger charge is 2.33. The summed E-state index contributed by atoms with van der Waals surface area (Å²) in [7, 11) is 0. The van der Waals surface area contributed by atoms with E-state index in [4.69, 9.17) is 0 Å². The lowest BCUT2D eigenvalue weighted by Gasteiger charge is -2.33. The van der Waals surface area contributed by atoms with Crippen molar-refractivity contribution in [2.75, 3.05) is 45.8 Å². The number of nitrogens with one attached hydrogen (secondary N) is 2. The lowest BCUT2D eigenvalue weighted by molar-refractivity contribution is -0.136. The Morgan fingerprint density at radius 3 is 2.68 bits per heavy atom. The van der Waals surface area contributed by atoms with Crippen molar-refractivity contribution in [2.45, 2.75) is 25.8 Å². The molecule has 1 unspecified atom stereocenters. The zero-order chi connectivity index (χ0) is 13.7. The maximum Gasteiger partial charge on any atom is 0.240 e. The summed E-state index contributed by atoms with van der Waals surface area (Å²) in [6, 6.07) is 0.0202. The monoisotopic (exact) mass is 268 g/mol. The summed E-state index contributed by atoms with van der Waals surface area (Å²) in [5.74, 6) is 0.256. The Bertz CT molecular complexity index is 329. The second kappa shape index (κ2) is 6.86. The Kier molecular flexibility index (Phi) is 5.15. The summed E-state index contributed by atoms with van der Waals surface area (Å²) in [6.45, 7) is 7.29. The quantitative estimate of drug-likeness (QED) is 0.688. The molecule has 0 aromatic heterocycles. The van der Waals surface area contributed by atoms with Crippen LogP contribution >= 0.6 is 0 Å². The van der Waals surface area contributed by atoms with E-state index in [9.17, 15) is 9.59 Å². The van der Waals surface area contributed by atoms with Crippen LogP contribution in [0.2, 0.25) is 0 Å². The Labute approximate surface area is 114 Å². The Morgan fingerprint density at radius 2 is 2.00 bits per heavy atom. The minimum absolute atomic E-state index is 0.0100. The molecule has 2 aliphatic rings. The number of amides is 2. The van der Waals surface area contributed by atoms with Crippen molar-refractivity contribution >= 4 is 11.8 Å². The number of nitrogens with zero attached hydrogens (tertiary/aromatic N) is 2. The van der Waals surface area contributed by atoms with E-state index in [2.05, 4.69) is 15.5 Å². The molecule has 6 nitrogen and oxygen atoms in total. The van der Waals surface area contributed by atoms with Crippen molar-refractivity contribution in [3.8, 4) is 0 Å². The third-order valence-electron chi connectivity index (χ3n) is 3.85. The van der Waals surface area contributed by atoms with E-state index in [0.717, 1.165) is 52.1 Å². The fraction of sp³-hybridized carbons (Fsp3) is 0.846. The van der Waals surface area contributed by atoms with E-state index < -0.39 is 0 Å². The number of piperazine rings is 1. The second-order valence-corrected chi connectivity index (χ2v) is 5.25. The topological polar surface area (TPSA) is 64.7 Å². The Balaban J connectivity index is 1.83. The van der Waals surface area contributed by atoms with Crippen LogP contribution in [0.5, 0.6) is 0 Å². The second-order valence-electron chi connectivity index (χ2n) is 5.25. The Morgan fingerprint density at radius 1 is 1.26 bits per heavy atom. The molecule has 0 spiro atoms. The number of rotatable bonds is 4. The summed E-state index contributed by atoms with van der Waals surface area (Å²) in [5.41, 5.74) is 0. The molecule has 2 saturated heterocycles. The van der Waals surface area contributed by atoms with Crippen LogP contribution in [0.3, 0.4) is 0 Å². The molecule has 0 radical (unpaired) electrons. The summed E-state index contributed by atoms with van der Waals surface area (Å²) in [6.07, 6.45) is 2.02. The maximum absolute atomic E-state index is 12.5. The van der Waals surface area contributed by atoms with Crippen molar-refractivity contribution in [3.63, 3.8) is 0 Å². The lowest BCUT2D eigenvalue weighted by atomic mass is 10.1. The zero-order valence-corrected chi connectivity index (χ0v) is 11.7. The highest BCUT2D eigenvalue weighted by Crippen LogP contribution is 2.19. The Hall–Kier alpha value is -1.14. The smallest absolute Gasteiger partial charge is 0.240 e. The molecular formula is C13H24N4O2. The van der Waals surface area contributed by atoms with Crippen molar-refractivity contribution in [1.82, 2.24) is 20.4 Å². The molecular weight excluding hydrogens is 244 g/mol. The number of carbonyl (C=O) groups is 2. The molecule has 0 aromatic carbocycles. The van der Waals surface area contributed by atoms with Crippen molar-refractivity contribution in [3.05, 3.63) is 0 Å². The average Bonchev–Trinajstić information content (AvgIpc) is 2.87. The first-order valence-corrected chi connectivity index (χ1v) is 7.16. The van der Waals surface area contributed by atoms with Crippen molar-refractivity contribution in [2.24, 2.45) is 0 Å². The third kappa shape index (κ3) is 3.91. The summed E-state index contributed by atoms with van der Waals surface area (Å²) in [5, 5.41) is 6.06. The van der Waals surface area contributed by atoms with E-state index in [-0.39, 0.29) is 17.9 Å². The third-order valence-corrected chi connectivity index (χ3v) is 3.85. The van der Waals surface area contributed by atoms with Gasteiger partial charge in [-0.1, -0.05) is 0 Å². The van der Waals surface area contributed by atoms with Crippen LogP contribution in [-0.4, -0.2) is 73.5 Å². The van der Waals surface area contributed by atoms with Gasteiger partial charge in [-0.25, -0.2) is 0 Å². The van der Waals surface area contributed by atoms with Gasteiger partial charge in [0.1, 0.15) is 0 Å². The van der Waals surface area contributed by atoms with Gasteiger partial charge in [0.2, 0.25) is 11.8 Å². The van der Waals surface area contributed by atoms with Gasteiger partial charge in [0.05, 0.1) is 6.04 Å². The van der Waals surface area contributed by atoms with Crippen LogP contribution in [-0.2, 0) is 9.59 Å². The van der Waals surface area contributed by atoms with Gasteiger partial charge < -0.3 is 15.5 Å². The first-order valence-electron chi connectivity index (χ1n) is 7.16. The van der Waals surface area contributed by atoms with E-state index in [1.807, 2.05) is 4.90 Å². The highest BCUT2D eigenvalue weighted by atomic mass is 16.2. The maximum atomic E-state index is 12.5. The van der Waals surface area contributed by atoms with E-state index in [1.165, 1.54) is 6.92 Å². The fourth-order valence-electron chi connectivity index (χ4n) is 2.84. The molecule has 0 aliphatic carbocycles. The molecule has 2 aliphatic heterocycles. The van der Waals surface area contributed by atoms with Gasteiger partial charge in [-0.05, 0) is 19.4 Å². The van der Waals surface area contributed by atoms with Crippen LogP contribution in [0.25, 0.3) is 0 Å². The molecule has 1 atom stereocenters. The molecule has 0 saturated carbocycles. The zero-order valence-electron chi connectivity index (χ0n) is 11.7. The molecule has 2 heterocycles. The molecule has 2 rings (SSSR count). The highest BCUT2D eigenvalue weighted by molar-refractivity contribution is 5.82. The average molecular weight is 268 g/mol. The summed E-state index contributed by atoms with van der Waals surface area (Å²) >= 11 is 0. The van der Waals surface area contributed by atoms with Gasteiger partial charge >= 0.3 is 0 Å². The predicted molar refractivity (Wildman–Crippen MR) is 72.7 cm³/mol. The van der Waals surface area contributed by atoms with Gasteiger partial charge in [-0.2, -0.15) is 0 Å². The fourth-order valence-corrected chi connectivity index (χ4v) is 2.84. The number of likely N-dealkylation sites (tertiary alicyclic amines) is 1. The van der Waals surface area contributed by atoms with E-state index in [0.29, 0.717) is 6.54 Å². The van der Waals surface area contributed by atoms with Crippen LogP contribution < -0.4 is 10.6 Å². The van der Waals surface area contributed by atoms with Crippen molar-refractivity contribution in [1.29, 1.82) is 0 Å². The van der Waals surface area contributed by atoms with Crippen LogP contribution in [0, 0.1) is 0 Å². The van der Waals surface area contributed by atoms with Crippen LogP contribution in [0.15, 0.2) is 0 Å². The first kappa shape index (κ1) is 14.3. The molecule has 2 amide bonds. The largest absolute Gasteiger partial charge is 0.355 e. The molecule has 2 N–H and O–H groups in total. The van der Waals surface area contributed by atoms with Crippen LogP contribution in [0.4, 0.5) is 0 Å². The lowest BCUT2D eigenvalue weighted by Crippen LogP contribution is -2.53. The molecule has 0 aromatic rings. The van der Waals surface area contributed by atoms with Gasteiger partial charge in [-0.15, -0.1) is 0 Å². The van der Waals surface area contributed by atoms with Gasteiger partial charge in [0.25, 0.3) is 0 Å². The number of hydrogen-bond acceptors (Lipinski definition) is 4. The first-order chi connectivity index (χ1) is 9.18. The normalized spacial score (nSPS) is 24.5. The van der Waals surface area contributed by atoms with Gasteiger partial charge in [-0.3, -0.25) is 14.5 Å². The molecule has 0 bridgehead atoms. The van der Waals surface area contributed by atoms with E-state index >= 15 is 0 Å².